The van der Waals surface area contributed by atoms with Crippen molar-refractivity contribution < 1.29 is 13.5 Å². The molecule has 1 fully saturated rings. The van der Waals surface area contributed by atoms with E-state index >= 15 is 0 Å². The van der Waals surface area contributed by atoms with Gasteiger partial charge in [-0.05, 0) is 36.6 Å². The van der Waals surface area contributed by atoms with Crippen LogP contribution in [-0.4, -0.2) is 26.1 Å². The van der Waals surface area contributed by atoms with Crippen LogP contribution in [0.4, 0.5) is 20.3 Å². The first-order valence-corrected chi connectivity index (χ1v) is 8.59. The summed E-state index contributed by atoms with van der Waals surface area (Å²) in [5.74, 6) is 0.419. The Labute approximate surface area is 154 Å². The lowest BCUT2D eigenvalue weighted by molar-refractivity contribution is -0.0498. The van der Waals surface area contributed by atoms with Crippen LogP contribution in [0.25, 0.3) is 11.2 Å². The second kappa shape index (κ2) is 6.38. The number of anilines is 2. The lowest BCUT2D eigenvalue weighted by atomic mass is 10.3. The number of fused-ring (bicyclic) bond motifs is 1. The number of hydrogen-bond acceptors (Lipinski definition) is 5. The highest BCUT2D eigenvalue weighted by atomic mass is 79.9. The number of hydrogen-bond donors (Lipinski definition) is 1. The molecule has 1 aliphatic carbocycles. The molecule has 0 spiro atoms. The summed E-state index contributed by atoms with van der Waals surface area (Å²) in [5.41, 5.74) is 1.71. The van der Waals surface area contributed by atoms with Gasteiger partial charge in [0.25, 0.3) is 0 Å². The highest BCUT2D eigenvalue weighted by Gasteiger charge is 2.26. The minimum Gasteiger partial charge on any atom is -0.435 e. The first-order valence-electron chi connectivity index (χ1n) is 7.42. The van der Waals surface area contributed by atoms with E-state index in [0.717, 1.165) is 12.8 Å². The van der Waals surface area contributed by atoms with E-state index in [-0.39, 0.29) is 11.0 Å². The van der Waals surface area contributed by atoms with Crippen molar-refractivity contribution in [2.45, 2.75) is 25.5 Å². The van der Waals surface area contributed by atoms with E-state index < -0.39 is 6.61 Å². The van der Waals surface area contributed by atoms with Gasteiger partial charge in [0.15, 0.2) is 17.0 Å². The van der Waals surface area contributed by atoms with Gasteiger partial charge in [-0.1, -0.05) is 15.9 Å². The number of halogens is 4. The smallest absolute Gasteiger partial charge is 0.387 e. The Morgan fingerprint density at radius 1 is 1.28 bits per heavy atom. The van der Waals surface area contributed by atoms with Gasteiger partial charge in [0.2, 0.25) is 5.28 Å². The molecule has 0 amide bonds. The standard InChI is InChI=1S/C15H11BrClF2N5O/c16-7-3-8(5-10(4-7)25-15(18)19)21-12-11-13(23-14(17)22-12)24(6-20-11)9-1-2-9/h3-6,9,15H,1-2H2,(H,21,22,23). The van der Waals surface area contributed by atoms with Crippen LogP contribution >= 0.6 is 27.5 Å². The quantitative estimate of drug-likeness (QED) is 0.582. The molecule has 25 heavy (non-hydrogen) atoms. The number of ether oxygens (including phenoxy) is 1. The summed E-state index contributed by atoms with van der Waals surface area (Å²) in [6, 6.07) is 4.98. The molecular formula is C15H11BrClF2N5O. The zero-order chi connectivity index (χ0) is 17.6. The van der Waals surface area contributed by atoms with E-state index in [1.54, 1.807) is 12.4 Å². The molecule has 130 valence electrons. The number of imidazole rings is 1. The van der Waals surface area contributed by atoms with Crippen molar-refractivity contribution in [1.29, 1.82) is 0 Å². The molecule has 2 aromatic heterocycles. The van der Waals surface area contributed by atoms with Gasteiger partial charge in [0.1, 0.15) is 5.75 Å². The van der Waals surface area contributed by atoms with Crippen LogP contribution in [0.2, 0.25) is 5.28 Å². The molecule has 1 aromatic carbocycles. The first-order chi connectivity index (χ1) is 12.0. The van der Waals surface area contributed by atoms with E-state index in [2.05, 4.69) is 40.9 Å². The zero-order valence-corrected chi connectivity index (χ0v) is 14.9. The van der Waals surface area contributed by atoms with Crippen molar-refractivity contribution in [2.75, 3.05) is 5.32 Å². The van der Waals surface area contributed by atoms with Crippen LogP contribution < -0.4 is 10.1 Å². The van der Waals surface area contributed by atoms with Crippen molar-refractivity contribution in [1.82, 2.24) is 19.5 Å². The van der Waals surface area contributed by atoms with Crippen molar-refractivity contribution >= 4 is 50.2 Å². The molecule has 1 aliphatic rings. The van der Waals surface area contributed by atoms with E-state index in [1.807, 2.05) is 4.57 Å². The van der Waals surface area contributed by atoms with E-state index in [9.17, 15) is 8.78 Å². The van der Waals surface area contributed by atoms with Crippen LogP contribution in [0, 0.1) is 0 Å². The second-order valence-electron chi connectivity index (χ2n) is 5.58. The van der Waals surface area contributed by atoms with Gasteiger partial charge in [0.05, 0.1) is 6.33 Å². The highest BCUT2D eigenvalue weighted by molar-refractivity contribution is 9.10. The predicted octanol–water partition coefficient (Wildman–Crippen LogP) is 4.92. The number of benzene rings is 1. The Hall–Kier alpha value is -2.00. The number of nitrogens with zero attached hydrogens (tertiary/aromatic N) is 4. The molecule has 0 atom stereocenters. The van der Waals surface area contributed by atoms with Gasteiger partial charge in [-0.2, -0.15) is 18.7 Å². The van der Waals surface area contributed by atoms with Gasteiger partial charge in [-0.15, -0.1) is 0 Å². The summed E-state index contributed by atoms with van der Waals surface area (Å²) >= 11 is 9.31. The highest BCUT2D eigenvalue weighted by Crippen LogP contribution is 2.38. The summed E-state index contributed by atoms with van der Waals surface area (Å²) < 4.78 is 31.9. The van der Waals surface area contributed by atoms with E-state index in [4.69, 9.17) is 11.6 Å². The fourth-order valence-corrected chi connectivity index (χ4v) is 3.18. The Kier molecular flexibility index (Phi) is 4.20. The average molecular weight is 431 g/mol. The maximum Gasteiger partial charge on any atom is 0.387 e. The molecule has 0 aliphatic heterocycles. The molecule has 1 N–H and O–H groups in total. The third-order valence-electron chi connectivity index (χ3n) is 3.69. The van der Waals surface area contributed by atoms with E-state index in [0.29, 0.717) is 33.2 Å². The summed E-state index contributed by atoms with van der Waals surface area (Å²) in [6.45, 7) is -2.91. The fraction of sp³-hybridized carbons (Fsp3) is 0.267. The van der Waals surface area contributed by atoms with Crippen LogP contribution in [0.5, 0.6) is 5.75 Å². The Morgan fingerprint density at radius 2 is 2.08 bits per heavy atom. The first kappa shape index (κ1) is 16.5. The Bertz CT molecular complexity index is 947. The molecule has 3 aromatic rings. The van der Waals surface area contributed by atoms with Crippen LogP contribution in [0.15, 0.2) is 29.0 Å². The fourth-order valence-electron chi connectivity index (χ4n) is 2.54. The lowest BCUT2D eigenvalue weighted by Gasteiger charge is -2.10. The molecule has 2 heterocycles. The Balaban J connectivity index is 1.72. The molecule has 0 bridgehead atoms. The van der Waals surface area contributed by atoms with Gasteiger partial charge < -0.3 is 14.6 Å². The van der Waals surface area contributed by atoms with Crippen LogP contribution in [-0.2, 0) is 0 Å². The number of alkyl halides is 2. The third-order valence-corrected chi connectivity index (χ3v) is 4.32. The largest absolute Gasteiger partial charge is 0.435 e. The molecule has 6 nitrogen and oxygen atoms in total. The monoisotopic (exact) mass is 429 g/mol. The van der Waals surface area contributed by atoms with Crippen molar-refractivity contribution in [3.05, 3.63) is 34.3 Å². The predicted molar refractivity (Wildman–Crippen MR) is 92.7 cm³/mol. The Morgan fingerprint density at radius 3 is 2.80 bits per heavy atom. The SMILES string of the molecule is FC(F)Oc1cc(Br)cc(Nc2nc(Cl)nc3c2ncn3C2CC2)c1. The summed E-state index contributed by atoms with van der Waals surface area (Å²) in [5, 5.41) is 3.13. The van der Waals surface area contributed by atoms with Crippen LogP contribution in [0.1, 0.15) is 18.9 Å². The second-order valence-corrected chi connectivity index (χ2v) is 6.83. The summed E-state index contributed by atoms with van der Waals surface area (Å²) in [4.78, 5) is 12.8. The minimum atomic E-state index is -2.91. The molecule has 0 saturated heterocycles. The zero-order valence-electron chi connectivity index (χ0n) is 12.6. The topological polar surface area (TPSA) is 64.9 Å². The van der Waals surface area contributed by atoms with Gasteiger partial charge >= 0.3 is 6.61 Å². The van der Waals surface area contributed by atoms with Crippen molar-refractivity contribution in [2.24, 2.45) is 0 Å². The molecule has 10 heteroatoms. The van der Waals surface area contributed by atoms with Gasteiger partial charge in [-0.25, -0.2) is 4.98 Å². The lowest BCUT2D eigenvalue weighted by Crippen LogP contribution is -2.03. The van der Waals surface area contributed by atoms with Gasteiger partial charge in [-0.3, -0.25) is 0 Å². The number of nitrogens with one attached hydrogen (secondary N) is 1. The molecule has 1 saturated carbocycles. The molecule has 0 radical (unpaired) electrons. The minimum absolute atomic E-state index is 0.0202. The van der Waals surface area contributed by atoms with E-state index in [1.165, 1.54) is 12.1 Å². The molecule has 4 rings (SSSR count). The summed E-state index contributed by atoms with van der Waals surface area (Å²) in [7, 11) is 0. The summed E-state index contributed by atoms with van der Waals surface area (Å²) in [6.07, 6.45) is 3.87. The number of aromatic nitrogens is 4. The maximum atomic E-state index is 12.4. The molecular weight excluding hydrogens is 420 g/mol. The molecule has 0 unspecified atom stereocenters. The van der Waals surface area contributed by atoms with Crippen LogP contribution in [0.3, 0.4) is 0 Å². The maximum absolute atomic E-state index is 12.4. The van der Waals surface area contributed by atoms with Crippen molar-refractivity contribution in [3.8, 4) is 5.75 Å². The normalized spacial score (nSPS) is 14.3. The average Bonchev–Trinajstić information content (AvgIpc) is 3.26. The van der Waals surface area contributed by atoms with Gasteiger partial charge in [0, 0.05) is 22.3 Å². The third kappa shape index (κ3) is 3.52. The number of rotatable bonds is 5. The van der Waals surface area contributed by atoms with Crippen molar-refractivity contribution in [3.63, 3.8) is 0 Å².